The number of rotatable bonds is 11. The van der Waals surface area contributed by atoms with Gasteiger partial charge in [-0.1, -0.05) is 12.1 Å². The highest BCUT2D eigenvalue weighted by Gasteiger charge is 2.77. The Kier molecular flexibility index (Phi) is 10.8. The summed E-state index contributed by atoms with van der Waals surface area (Å²) < 4.78 is 51.8. The summed E-state index contributed by atoms with van der Waals surface area (Å²) in [5, 5.41) is 62.1. The Morgan fingerprint density at radius 3 is 2.28 bits per heavy atom. The fraction of sp³-hybridized carbons (Fsp3) is 0.636. The molecule has 6 rings (SSSR count). The number of benzene rings is 1. The largest absolute Gasteiger partial charge is 0.497 e. The van der Waals surface area contributed by atoms with Gasteiger partial charge in [-0.2, -0.15) is 0 Å². The average molecular weight is 711 g/mol. The smallest absolute Gasteiger partial charge is 0.331 e. The van der Waals surface area contributed by atoms with E-state index < -0.39 is 122 Å². The van der Waals surface area contributed by atoms with Crippen LogP contribution in [0.5, 0.6) is 5.75 Å². The fourth-order valence-electron chi connectivity index (χ4n) is 7.06. The molecule has 17 nitrogen and oxygen atoms in total. The molecule has 0 spiro atoms. The van der Waals surface area contributed by atoms with Gasteiger partial charge in [0.25, 0.3) is 0 Å². The van der Waals surface area contributed by atoms with Gasteiger partial charge in [-0.15, -0.1) is 0 Å². The minimum Gasteiger partial charge on any atom is -0.497 e. The molecule has 1 aromatic rings. The molecule has 0 aromatic heterocycles. The third kappa shape index (κ3) is 6.88. The lowest BCUT2D eigenvalue weighted by Crippen LogP contribution is -2.61. The predicted molar refractivity (Wildman–Crippen MR) is 163 cm³/mol. The van der Waals surface area contributed by atoms with Crippen molar-refractivity contribution in [3.63, 3.8) is 0 Å². The van der Waals surface area contributed by atoms with Crippen LogP contribution in [0.2, 0.25) is 0 Å². The Bertz CT molecular complexity index is 1420. The van der Waals surface area contributed by atoms with Crippen LogP contribution in [0.25, 0.3) is 6.08 Å². The van der Waals surface area contributed by atoms with E-state index in [0.29, 0.717) is 11.3 Å². The van der Waals surface area contributed by atoms with Crippen LogP contribution < -0.4 is 4.74 Å². The topological polar surface area (TPSA) is 242 Å². The molecule has 1 aliphatic carbocycles. The van der Waals surface area contributed by atoms with Crippen LogP contribution in [0.4, 0.5) is 0 Å². The van der Waals surface area contributed by atoms with E-state index in [1.54, 1.807) is 30.3 Å². The van der Waals surface area contributed by atoms with Gasteiger partial charge in [0.2, 0.25) is 6.29 Å². The molecule has 4 aliphatic heterocycles. The number of carbonyl (C=O) groups is 2. The van der Waals surface area contributed by atoms with Crippen LogP contribution in [0.1, 0.15) is 19.4 Å². The van der Waals surface area contributed by atoms with Gasteiger partial charge in [0, 0.05) is 18.9 Å². The second kappa shape index (κ2) is 14.8. The lowest BCUT2D eigenvalue weighted by Gasteiger charge is -2.44. The summed E-state index contributed by atoms with van der Waals surface area (Å²) in [4.78, 5) is 25.2. The van der Waals surface area contributed by atoms with Gasteiger partial charge >= 0.3 is 11.9 Å². The standard InChI is InChI=1S/C33H42O17/c1-14-22(38)27(45-15(2)36)28(47-20(37)9-6-16-4-7-17(42-3)8-5-16)32(44-14)48-26-18-10-11-43-30(21(18)33(13-35)29(26)50-33)49-31-25(41)24(40)23(39)19(12-34)46-31/h4-11,14,18-19,21-32,34-35,38-41H,12-13H2,1-3H3/b9-6+/t14-,18+,19+,21+,22-,23+,24-,25+,26-,27+,28+,29-,30-,31-,32-,33+/m0/s1. The maximum Gasteiger partial charge on any atom is 0.331 e. The lowest BCUT2D eigenvalue weighted by atomic mass is 9.85. The summed E-state index contributed by atoms with van der Waals surface area (Å²) in [5.41, 5.74) is -0.600. The molecule has 0 radical (unpaired) electrons. The maximum absolute atomic E-state index is 13.1. The summed E-state index contributed by atoms with van der Waals surface area (Å²) in [5.74, 6) is -2.36. The van der Waals surface area contributed by atoms with Crippen LogP contribution >= 0.6 is 0 Å². The van der Waals surface area contributed by atoms with Crippen molar-refractivity contribution in [1.29, 1.82) is 0 Å². The third-order valence-electron chi connectivity index (χ3n) is 9.73. The summed E-state index contributed by atoms with van der Waals surface area (Å²) >= 11 is 0. The quantitative estimate of drug-likeness (QED) is 0.0835. The first kappa shape index (κ1) is 36.6. The van der Waals surface area contributed by atoms with Crippen LogP contribution in [0.15, 0.2) is 42.7 Å². The predicted octanol–water partition coefficient (Wildman–Crippen LogP) is -1.89. The Balaban J connectivity index is 1.22. The molecule has 50 heavy (non-hydrogen) atoms. The first-order chi connectivity index (χ1) is 23.9. The molecule has 0 amide bonds. The van der Waals surface area contributed by atoms with Crippen molar-refractivity contribution in [2.24, 2.45) is 11.8 Å². The number of methoxy groups -OCH3 is 1. The summed E-state index contributed by atoms with van der Waals surface area (Å²) in [7, 11) is 1.53. The van der Waals surface area contributed by atoms with Gasteiger partial charge in [-0.3, -0.25) is 4.79 Å². The molecule has 1 aromatic carbocycles. The number of hydrogen-bond donors (Lipinski definition) is 6. The average Bonchev–Trinajstić information content (AvgIpc) is 3.78. The van der Waals surface area contributed by atoms with E-state index in [0.717, 1.165) is 13.0 Å². The highest BCUT2D eigenvalue weighted by Crippen LogP contribution is 2.61. The molecule has 1 saturated carbocycles. The van der Waals surface area contributed by atoms with E-state index in [1.165, 1.54) is 26.4 Å². The van der Waals surface area contributed by atoms with Crippen LogP contribution in [-0.4, -0.2) is 148 Å². The molecule has 276 valence electrons. The van der Waals surface area contributed by atoms with E-state index in [9.17, 15) is 40.2 Å². The number of epoxide rings is 1. The normalized spacial score (nSPS) is 43.4. The molecule has 17 heteroatoms. The fourth-order valence-corrected chi connectivity index (χ4v) is 7.06. The molecule has 0 bridgehead atoms. The van der Waals surface area contributed by atoms with Gasteiger partial charge in [0.05, 0.1) is 44.7 Å². The van der Waals surface area contributed by atoms with Crippen LogP contribution in [-0.2, 0) is 47.5 Å². The molecule has 3 saturated heterocycles. The number of aliphatic hydroxyl groups excluding tert-OH is 6. The summed E-state index contributed by atoms with van der Waals surface area (Å²) in [6.07, 6.45) is -11.7. The highest BCUT2D eigenvalue weighted by atomic mass is 16.8. The van der Waals surface area contributed by atoms with Gasteiger partial charge < -0.3 is 73.3 Å². The second-order valence-corrected chi connectivity index (χ2v) is 12.8. The van der Waals surface area contributed by atoms with Crippen LogP contribution in [0.3, 0.4) is 0 Å². The summed E-state index contributed by atoms with van der Waals surface area (Å²) in [6, 6.07) is 6.87. The maximum atomic E-state index is 13.1. The first-order valence-corrected chi connectivity index (χ1v) is 16.2. The van der Waals surface area contributed by atoms with E-state index in [-0.39, 0.29) is 0 Å². The van der Waals surface area contributed by atoms with Gasteiger partial charge in [-0.05, 0) is 36.8 Å². The minimum atomic E-state index is -1.72. The Morgan fingerprint density at radius 2 is 1.62 bits per heavy atom. The Hall–Kier alpha value is -3.20. The SMILES string of the molecule is COc1ccc(/C=C/C(=O)O[C@H]2[C@H](O[C@H]3[C@@H]4C=CO[C@@H](O[C@@H]5O[C@H](CO)[C@@H](O)[C@H](O)[C@H]5O)[C@@H]4[C@@]4(CO)O[C@@H]34)O[C@@H](C)[C@H](O)[C@H]2OC(C)=O)cc1. The van der Waals surface area contributed by atoms with E-state index >= 15 is 0 Å². The van der Waals surface area contributed by atoms with Crippen molar-refractivity contribution in [1.82, 2.24) is 0 Å². The second-order valence-electron chi connectivity index (χ2n) is 12.8. The monoisotopic (exact) mass is 710 g/mol. The number of aliphatic hydroxyl groups is 6. The minimum absolute atomic E-state index is 0.504. The molecule has 5 aliphatic rings. The number of hydrogen-bond acceptors (Lipinski definition) is 17. The molecular formula is C33H42O17. The number of esters is 2. The zero-order valence-corrected chi connectivity index (χ0v) is 27.4. The van der Waals surface area contributed by atoms with Crippen molar-refractivity contribution in [3.05, 3.63) is 48.2 Å². The molecule has 0 unspecified atom stereocenters. The van der Waals surface area contributed by atoms with Gasteiger partial charge in [0.15, 0.2) is 24.8 Å². The molecule has 4 fully saturated rings. The van der Waals surface area contributed by atoms with Crippen LogP contribution in [0, 0.1) is 11.8 Å². The number of carbonyl (C=O) groups excluding carboxylic acids is 2. The van der Waals surface area contributed by atoms with Gasteiger partial charge in [-0.25, -0.2) is 4.79 Å². The molecule has 16 atom stereocenters. The van der Waals surface area contributed by atoms with Crippen molar-refractivity contribution >= 4 is 18.0 Å². The Morgan fingerprint density at radius 1 is 0.880 bits per heavy atom. The highest BCUT2D eigenvalue weighted by molar-refractivity contribution is 5.87. The molecule has 4 heterocycles. The van der Waals surface area contributed by atoms with E-state index in [1.807, 2.05) is 0 Å². The molecule has 6 N–H and O–H groups in total. The van der Waals surface area contributed by atoms with Crippen molar-refractivity contribution in [3.8, 4) is 5.75 Å². The van der Waals surface area contributed by atoms with Gasteiger partial charge in [0.1, 0.15) is 48.0 Å². The van der Waals surface area contributed by atoms with E-state index in [2.05, 4.69) is 0 Å². The number of ether oxygens (including phenoxy) is 9. The number of fused-ring (bicyclic) bond motifs is 3. The molecular weight excluding hydrogens is 668 g/mol. The first-order valence-electron chi connectivity index (χ1n) is 16.2. The summed E-state index contributed by atoms with van der Waals surface area (Å²) in [6.45, 7) is 1.50. The van der Waals surface area contributed by atoms with Crippen molar-refractivity contribution < 1.29 is 82.9 Å². The Labute approximate surface area is 286 Å². The zero-order chi connectivity index (χ0) is 35.9. The third-order valence-corrected chi connectivity index (χ3v) is 9.73. The van der Waals surface area contributed by atoms with Crippen molar-refractivity contribution in [2.45, 2.75) is 99.4 Å². The van der Waals surface area contributed by atoms with Crippen molar-refractivity contribution in [2.75, 3.05) is 20.3 Å². The zero-order valence-electron chi connectivity index (χ0n) is 27.4. The lowest BCUT2D eigenvalue weighted by molar-refractivity contribution is -0.347. The van der Waals surface area contributed by atoms with E-state index in [4.69, 9.17) is 42.6 Å².